The second kappa shape index (κ2) is 4.60. The molecule has 1 N–H and O–H groups in total. The van der Waals surface area contributed by atoms with Crippen LogP contribution in [0.4, 0.5) is 4.39 Å². The van der Waals surface area contributed by atoms with Crippen LogP contribution in [0.5, 0.6) is 0 Å². The van der Waals surface area contributed by atoms with Gasteiger partial charge in [0.2, 0.25) is 10.0 Å². The molecule has 1 rings (SSSR count). The molecule has 0 amide bonds. The second-order valence-corrected chi connectivity index (χ2v) is 5.06. The van der Waals surface area contributed by atoms with E-state index in [-0.39, 0.29) is 4.90 Å². The molecule has 0 aliphatic carbocycles. The van der Waals surface area contributed by atoms with Crippen LogP contribution < -0.4 is 4.72 Å². The molecule has 6 heteroatoms. The average Bonchev–Trinajstić information content (AvgIpc) is 2.20. The lowest BCUT2D eigenvalue weighted by atomic mass is 10.2. The summed E-state index contributed by atoms with van der Waals surface area (Å²) in [6, 6.07) is 4.38. The first-order valence-corrected chi connectivity index (χ1v) is 6.03. The Bertz CT molecular complexity index is 534. The minimum Gasteiger partial charge on any atom is -0.207 e. The second-order valence-electron chi connectivity index (χ2n) is 3.38. The quantitative estimate of drug-likeness (QED) is 0.869. The van der Waals surface area contributed by atoms with Crippen molar-refractivity contribution in [1.29, 1.82) is 5.26 Å². The maximum Gasteiger partial charge on any atom is 0.242 e. The number of nitrogens with one attached hydrogen (secondary N) is 1. The minimum atomic E-state index is -3.84. The highest BCUT2D eigenvalue weighted by Crippen LogP contribution is 2.16. The van der Waals surface area contributed by atoms with Gasteiger partial charge in [-0.15, -0.1) is 0 Å². The van der Waals surface area contributed by atoms with Crippen LogP contribution in [-0.2, 0) is 10.0 Å². The topological polar surface area (TPSA) is 70.0 Å². The summed E-state index contributed by atoms with van der Waals surface area (Å²) in [7, 11) is -3.84. The predicted octanol–water partition coefficient (Wildman–Crippen LogP) is 1.32. The fourth-order valence-electron chi connectivity index (χ4n) is 1.19. The van der Waals surface area contributed by atoms with Gasteiger partial charge < -0.3 is 0 Å². The van der Waals surface area contributed by atoms with E-state index in [1.54, 1.807) is 13.0 Å². The third-order valence-electron chi connectivity index (χ3n) is 1.97. The summed E-state index contributed by atoms with van der Waals surface area (Å²) >= 11 is 0. The Morgan fingerprint density at radius 1 is 1.50 bits per heavy atom. The van der Waals surface area contributed by atoms with Gasteiger partial charge in [0.15, 0.2) is 0 Å². The van der Waals surface area contributed by atoms with Crippen LogP contribution >= 0.6 is 0 Å². The molecule has 0 aromatic heterocycles. The van der Waals surface area contributed by atoms with Gasteiger partial charge in [-0.3, -0.25) is 0 Å². The number of nitriles is 1. The highest BCUT2D eigenvalue weighted by atomic mass is 32.2. The number of hydrogen-bond donors (Lipinski definition) is 1. The summed E-state index contributed by atoms with van der Waals surface area (Å²) in [6.07, 6.45) is 0. The predicted molar refractivity (Wildman–Crippen MR) is 56.5 cm³/mol. The van der Waals surface area contributed by atoms with E-state index in [1.807, 2.05) is 0 Å². The van der Waals surface area contributed by atoms with E-state index < -0.39 is 21.9 Å². The van der Waals surface area contributed by atoms with Gasteiger partial charge in [0, 0.05) is 0 Å². The number of rotatable bonds is 3. The Morgan fingerprint density at radius 3 is 2.69 bits per heavy atom. The average molecular weight is 242 g/mol. The zero-order valence-electron chi connectivity index (χ0n) is 8.86. The number of benzene rings is 1. The largest absolute Gasteiger partial charge is 0.242 e. The van der Waals surface area contributed by atoms with Crippen LogP contribution in [0.3, 0.4) is 0 Å². The van der Waals surface area contributed by atoms with Gasteiger partial charge in [0.25, 0.3) is 0 Å². The Balaban J connectivity index is 3.18. The fraction of sp³-hybridized carbons (Fsp3) is 0.300. The maximum atomic E-state index is 12.9. The number of halogens is 1. The number of nitrogens with zero attached hydrogens (tertiary/aromatic N) is 1. The van der Waals surface area contributed by atoms with Gasteiger partial charge in [0.1, 0.15) is 11.9 Å². The van der Waals surface area contributed by atoms with Crippen molar-refractivity contribution >= 4 is 10.0 Å². The van der Waals surface area contributed by atoms with Gasteiger partial charge >= 0.3 is 0 Å². The van der Waals surface area contributed by atoms with Crippen LogP contribution in [0.1, 0.15) is 12.5 Å². The van der Waals surface area contributed by atoms with E-state index in [9.17, 15) is 12.8 Å². The lowest BCUT2D eigenvalue weighted by Crippen LogP contribution is -2.31. The molecule has 1 atom stereocenters. The van der Waals surface area contributed by atoms with Crippen molar-refractivity contribution in [2.75, 3.05) is 0 Å². The van der Waals surface area contributed by atoms with E-state index in [2.05, 4.69) is 4.72 Å². The fourth-order valence-corrected chi connectivity index (χ4v) is 2.59. The zero-order valence-corrected chi connectivity index (χ0v) is 9.68. The zero-order chi connectivity index (χ0) is 12.3. The molecule has 0 saturated carbocycles. The van der Waals surface area contributed by atoms with E-state index in [1.165, 1.54) is 19.1 Å². The number of hydrogen-bond acceptors (Lipinski definition) is 3. The molecule has 0 spiro atoms. The van der Waals surface area contributed by atoms with Crippen molar-refractivity contribution < 1.29 is 12.8 Å². The number of sulfonamides is 1. The van der Waals surface area contributed by atoms with Crippen LogP contribution in [0.25, 0.3) is 0 Å². The standard InChI is InChI=1S/C10H11FN2O2S/c1-7-3-4-9(11)5-10(7)16(14,15)13-8(2)6-12/h3-5,8,13H,1-2H3. The van der Waals surface area contributed by atoms with E-state index in [0.717, 1.165) is 6.07 Å². The first kappa shape index (κ1) is 12.6. The summed E-state index contributed by atoms with van der Waals surface area (Å²) < 4.78 is 38.6. The van der Waals surface area contributed by atoms with Crippen LogP contribution in [0.2, 0.25) is 0 Å². The summed E-state index contributed by atoms with van der Waals surface area (Å²) in [5.41, 5.74) is 0.430. The van der Waals surface area contributed by atoms with Crippen molar-refractivity contribution in [2.45, 2.75) is 24.8 Å². The smallest absolute Gasteiger partial charge is 0.207 e. The molecule has 0 fully saturated rings. The van der Waals surface area contributed by atoms with Crippen LogP contribution in [0, 0.1) is 24.1 Å². The molecule has 1 aromatic carbocycles. The van der Waals surface area contributed by atoms with Gasteiger partial charge in [0.05, 0.1) is 11.0 Å². The Labute approximate surface area is 93.8 Å². The van der Waals surface area contributed by atoms with Crippen molar-refractivity contribution in [1.82, 2.24) is 4.72 Å². The molecule has 0 saturated heterocycles. The number of aryl methyl sites for hydroxylation is 1. The molecular formula is C10H11FN2O2S. The van der Waals surface area contributed by atoms with E-state index in [0.29, 0.717) is 5.56 Å². The van der Waals surface area contributed by atoms with Crippen LogP contribution in [-0.4, -0.2) is 14.5 Å². The van der Waals surface area contributed by atoms with Crippen LogP contribution in [0.15, 0.2) is 23.1 Å². The summed E-state index contributed by atoms with van der Waals surface area (Å²) in [4.78, 5) is -0.144. The summed E-state index contributed by atoms with van der Waals surface area (Å²) in [6.45, 7) is 2.97. The molecule has 4 nitrogen and oxygen atoms in total. The summed E-state index contributed by atoms with van der Waals surface area (Å²) in [5.74, 6) is -0.629. The molecule has 0 aliphatic rings. The van der Waals surface area contributed by atoms with Gasteiger partial charge in [-0.1, -0.05) is 6.07 Å². The Morgan fingerprint density at radius 2 is 2.12 bits per heavy atom. The van der Waals surface area contributed by atoms with Crippen molar-refractivity contribution in [3.05, 3.63) is 29.6 Å². The highest BCUT2D eigenvalue weighted by Gasteiger charge is 2.19. The van der Waals surface area contributed by atoms with Gasteiger partial charge in [-0.2, -0.15) is 9.98 Å². The van der Waals surface area contributed by atoms with E-state index >= 15 is 0 Å². The molecule has 1 unspecified atom stereocenters. The minimum absolute atomic E-state index is 0.144. The first-order valence-electron chi connectivity index (χ1n) is 4.55. The molecule has 0 heterocycles. The van der Waals surface area contributed by atoms with Crippen molar-refractivity contribution in [3.8, 4) is 6.07 Å². The van der Waals surface area contributed by atoms with Crippen molar-refractivity contribution in [3.63, 3.8) is 0 Å². The molecule has 16 heavy (non-hydrogen) atoms. The van der Waals surface area contributed by atoms with Gasteiger partial charge in [-0.25, -0.2) is 12.8 Å². The molecule has 0 bridgehead atoms. The molecule has 86 valence electrons. The molecule has 0 radical (unpaired) electrons. The highest BCUT2D eigenvalue weighted by molar-refractivity contribution is 7.89. The molecule has 1 aromatic rings. The Hall–Kier alpha value is -1.45. The van der Waals surface area contributed by atoms with Gasteiger partial charge in [-0.05, 0) is 31.5 Å². The lowest BCUT2D eigenvalue weighted by Gasteiger charge is -2.10. The first-order chi connectivity index (χ1) is 7.36. The van der Waals surface area contributed by atoms with Crippen molar-refractivity contribution in [2.24, 2.45) is 0 Å². The maximum absolute atomic E-state index is 12.9. The lowest BCUT2D eigenvalue weighted by molar-refractivity contribution is 0.572. The summed E-state index contributed by atoms with van der Waals surface area (Å²) in [5, 5.41) is 8.52. The monoisotopic (exact) mass is 242 g/mol. The third-order valence-corrected chi connectivity index (χ3v) is 3.65. The molecular weight excluding hydrogens is 231 g/mol. The Kier molecular flexibility index (Phi) is 3.62. The van der Waals surface area contributed by atoms with E-state index in [4.69, 9.17) is 5.26 Å². The third kappa shape index (κ3) is 2.78. The normalized spacial score (nSPS) is 13.1. The molecule has 0 aliphatic heterocycles. The SMILES string of the molecule is Cc1ccc(F)cc1S(=O)(=O)NC(C)C#N.